The maximum atomic E-state index is 6.97. The Hall–Kier alpha value is -6.78. The van der Waals surface area contributed by atoms with Crippen LogP contribution in [0.3, 0.4) is 0 Å². The zero-order chi connectivity index (χ0) is 48.2. The Morgan fingerprint density at radius 2 is 1.09 bits per heavy atom. The summed E-state index contributed by atoms with van der Waals surface area (Å²) in [5, 5.41) is 8.88. The highest BCUT2D eigenvalue weighted by Gasteiger charge is 2.41. The monoisotopic (exact) mass is 907 g/mol. The highest BCUT2D eigenvalue weighted by atomic mass is 16.3. The van der Waals surface area contributed by atoms with Gasteiger partial charge in [-0.05, 0) is 150 Å². The van der Waals surface area contributed by atoms with Gasteiger partial charge in [0.15, 0.2) is 7.28 Å². The van der Waals surface area contributed by atoms with E-state index in [1.807, 2.05) is 0 Å². The molecule has 3 aliphatic carbocycles. The van der Waals surface area contributed by atoms with Crippen LogP contribution in [0.2, 0.25) is 0 Å². The van der Waals surface area contributed by atoms with Crippen molar-refractivity contribution in [2.24, 2.45) is 0 Å². The molecule has 10 aromatic rings. The molecule has 343 valence electrons. The Morgan fingerprint density at radius 3 is 1.76 bits per heavy atom. The third kappa shape index (κ3) is 5.59. The molecule has 0 spiro atoms. The van der Waals surface area contributed by atoms with E-state index >= 15 is 0 Å². The summed E-state index contributed by atoms with van der Waals surface area (Å²) in [4.78, 5) is 0. The van der Waals surface area contributed by atoms with Crippen LogP contribution >= 0.6 is 0 Å². The van der Waals surface area contributed by atoms with Crippen molar-refractivity contribution < 1.29 is 4.42 Å². The van der Waals surface area contributed by atoms with Gasteiger partial charge >= 0.3 is 0 Å². The molecule has 0 unspecified atom stereocenters. The van der Waals surface area contributed by atoms with Gasteiger partial charge < -0.3 is 14.3 Å². The first-order chi connectivity index (χ1) is 33.3. The van der Waals surface area contributed by atoms with Crippen LogP contribution in [-0.2, 0) is 27.1 Å². The number of rotatable bonds is 3. The highest BCUT2D eigenvalue weighted by molar-refractivity contribution is 6.73. The first-order valence-corrected chi connectivity index (χ1v) is 25.6. The van der Waals surface area contributed by atoms with E-state index in [9.17, 15) is 0 Å². The number of furan rings is 1. The summed E-state index contributed by atoms with van der Waals surface area (Å²) in [6.45, 7) is 26.1. The molecular formula is C66H60BN2O. The molecule has 4 aliphatic rings. The van der Waals surface area contributed by atoms with Crippen LogP contribution in [0, 0.1) is 0 Å². The van der Waals surface area contributed by atoms with E-state index in [-0.39, 0.29) is 27.1 Å². The Bertz CT molecular complexity index is 3970. The minimum Gasteiger partial charge on any atom is -0.456 e. The predicted octanol–water partition coefficient (Wildman–Crippen LogP) is 16.3. The van der Waals surface area contributed by atoms with Crippen molar-refractivity contribution in [1.29, 1.82) is 0 Å². The molecule has 70 heavy (non-hydrogen) atoms. The fourth-order valence-electron chi connectivity index (χ4n) is 13.6. The molecule has 0 saturated carbocycles. The van der Waals surface area contributed by atoms with Gasteiger partial charge in [0, 0.05) is 60.9 Å². The fourth-order valence-corrected chi connectivity index (χ4v) is 13.6. The lowest BCUT2D eigenvalue weighted by atomic mass is 9.58. The Morgan fingerprint density at radius 1 is 0.500 bits per heavy atom. The van der Waals surface area contributed by atoms with Crippen molar-refractivity contribution in [2.75, 3.05) is 5.32 Å². The summed E-state index contributed by atoms with van der Waals surface area (Å²) in [5.41, 5.74) is 27.6. The van der Waals surface area contributed by atoms with E-state index in [4.69, 9.17) is 4.42 Å². The van der Waals surface area contributed by atoms with Crippen LogP contribution in [0.4, 0.5) is 11.4 Å². The van der Waals surface area contributed by atoms with Gasteiger partial charge in [-0.25, -0.2) is 0 Å². The number of hydrogen-bond acceptors (Lipinski definition) is 2. The zero-order valence-corrected chi connectivity index (χ0v) is 42.5. The molecule has 0 amide bonds. The van der Waals surface area contributed by atoms with Gasteiger partial charge in [0.1, 0.15) is 11.2 Å². The number of hydrogen-bond donors (Lipinski definition) is 1. The first-order valence-electron chi connectivity index (χ1n) is 25.6. The number of nitrogens with one attached hydrogen (secondary N) is 1. The van der Waals surface area contributed by atoms with Crippen LogP contribution in [0.5, 0.6) is 0 Å². The molecule has 1 aliphatic heterocycles. The van der Waals surface area contributed by atoms with Crippen LogP contribution < -0.4 is 16.2 Å². The van der Waals surface area contributed by atoms with E-state index in [0.717, 1.165) is 46.3 Å². The Balaban J connectivity index is 1.06. The molecule has 0 bridgehead atoms. The van der Waals surface area contributed by atoms with Gasteiger partial charge in [0.05, 0.1) is 11.2 Å². The lowest BCUT2D eigenvalue weighted by Gasteiger charge is -2.41. The van der Waals surface area contributed by atoms with Crippen molar-refractivity contribution in [2.45, 2.75) is 116 Å². The zero-order valence-electron chi connectivity index (χ0n) is 42.5. The van der Waals surface area contributed by atoms with E-state index < -0.39 is 0 Å². The van der Waals surface area contributed by atoms with Crippen LogP contribution in [0.15, 0.2) is 138 Å². The molecule has 4 heteroatoms. The van der Waals surface area contributed by atoms with E-state index in [0.29, 0.717) is 0 Å². The second kappa shape index (κ2) is 13.5. The van der Waals surface area contributed by atoms with E-state index in [1.165, 1.54) is 111 Å². The molecule has 3 heterocycles. The minimum atomic E-state index is -0.130. The van der Waals surface area contributed by atoms with Gasteiger partial charge in [-0.3, -0.25) is 0 Å². The number of fused-ring (bicyclic) bond motifs is 15. The lowest BCUT2D eigenvalue weighted by molar-refractivity contribution is 0.332. The number of aromatic nitrogens is 1. The number of nitrogens with zero attached hydrogens (tertiary/aromatic N) is 1. The number of benzene rings is 8. The average molecular weight is 908 g/mol. The number of anilines is 2. The van der Waals surface area contributed by atoms with Crippen LogP contribution in [0.1, 0.15) is 128 Å². The third-order valence-corrected chi connectivity index (χ3v) is 17.8. The molecule has 0 saturated heterocycles. The van der Waals surface area contributed by atoms with E-state index in [1.54, 1.807) is 0 Å². The standard InChI is InChI=1S/C66H60BN2O/c1-62(2,3)36-20-22-37(23-21-36)68-55-35-59-46(47-30-52-53(34-58(47)70-59)64(6,7)27-26-63(52,4)5)29-44(55)40-24-25-41-45-28-42-38-16-12-14-18-48(38)65(8,9)50(42)32-56(45)69-57-33-51-43(31-54(57)67-60(40)61(41)69)39-17-13-15-19-49(39)66(51,10)11/h12-25,28-35,68H,26-27H2,1-11H3. The molecule has 14 rings (SSSR count). The summed E-state index contributed by atoms with van der Waals surface area (Å²) >= 11 is 0. The summed E-state index contributed by atoms with van der Waals surface area (Å²) in [7, 11) is 2.51. The smallest absolute Gasteiger partial charge is 0.197 e. The molecule has 0 fully saturated rings. The summed E-state index contributed by atoms with van der Waals surface area (Å²) in [6.07, 6.45) is 2.32. The van der Waals surface area contributed by atoms with Gasteiger partial charge in [0.2, 0.25) is 0 Å². The van der Waals surface area contributed by atoms with Crippen molar-refractivity contribution in [3.63, 3.8) is 0 Å². The molecule has 1 radical (unpaired) electrons. The Labute approximate surface area is 413 Å². The first kappa shape index (κ1) is 42.1. The van der Waals surface area contributed by atoms with Crippen molar-refractivity contribution in [1.82, 2.24) is 4.57 Å². The Kier molecular flexibility index (Phi) is 8.15. The quantitative estimate of drug-likeness (QED) is 0.179. The van der Waals surface area contributed by atoms with Crippen molar-refractivity contribution >= 4 is 73.3 Å². The predicted molar refractivity (Wildman–Crippen MR) is 297 cm³/mol. The van der Waals surface area contributed by atoms with Crippen LogP contribution in [-0.4, -0.2) is 11.8 Å². The highest BCUT2D eigenvalue weighted by Crippen LogP contribution is 2.54. The molecule has 0 atom stereocenters. The van der Waals surface area contributed by atoms with Gasteiger partial charge in [-0.2, -0.15) is 0 Å². The largest absolute Gasteiger partial charge is 0.456 e. The molecule has 8 aromatic carbocycles. The lowest BCUT2D eigenvalue weighted by Crippen LogP contribution is -2.37. The van der Waals surface area contributed by atoms with E-state index in [2.05, 4.69) is 227 Å². The molecule has 3 nitrogen and oxygen atoms in total. The maximum Gasteiger partial charge on any atom is 0.197 e. The average Bonchev–Trinajstić information content (AvgIpc) is 3.99. The second-order valence-corrected chi connectivity index (χ2v) is 24.7. The van der Waals surface area contributed by atoms with Crippen LogP contribution in [0.25, 0.3) is 82.8 Å². The van der Waals surface area contributed by atoms with Gasteiger partial charge in [-0.15, -0.1) is 0 Å². The second-order valence-electron chi connectivity index (χ2n) is 24.7. The fraction of sp³-hybridized carbons (Fsp3) is 0.273. The molecule has 1 N–H and O–H groups in total. The summed E-state index contributed by atoms with van der Waals surface area (Å²) in [6, 6.07) is 51.6. The maximum absolute atomic E-state index is 6.97. The van der Waals surface area contributed by atoms with Crippen molar-refractivity contribution in [3.05, 3.63) is 172 Å². The minimum absolute atomic E-state index is 0.0546. The van der Waals surface area contributed by atoms with Gasteiger partial charge in [0.25, 0.3) is 0 Å². The normalized spacial score (nSPS) is 17.2. The topological polar surface area (TPSA) is 30.1 Å². The summed E-state index contributed by atoms with van der Waals surface area (Å²) < 4.78 is 9.61. The molecular weight excluding hydrogens is 848 g/mol. The summed E-state index contributed by atoms with van der Waals surface area (Å²) in [5.74, 6) is 0. The molecule has 2 aromatic heterocycles. The van der Waals surface area contributed by atoms with Crippen molar-refractivity contribution in [3.8, 4) is 39.1 Å². The third-order valence-electron chi connectivity index (χ3n) is 17.8. The SMILES string of the molecule is CC(C)(C)c1ccc(Nc2cc3oc4cc5c(cc4c3cc2-c2ccc3c4cc6c(cc4n4c3c2[B]c2cc3c(cc2-4)C(C)(C)c2ccccc2-3)C(C)(C)c2ccccc2-6)C(C)(C)CCC5(C)C)cc1. The van der Waals surface area contributed by atoms with Gasteiger partial charge in [-0.1, -0.05) is 160 Å².